The minimum absolute atomic E-state index is 0.0397. The summed E-state index contributed by atoms with van der Waals surface area (Å²) in [6.45, 7) is 12.4. The lowest BCUT2D eigenvalue weighted by Crippen LogP contribution is -2.31. The van der Waals surface area contributed by atoms with Crippen LogP contribution < -0.4 is 5.30 Å². The van der Waals surface area contributed by atoms with Crippen molar-refractivity contribution in [3.05, 3.63) is 58.7 Å². The van der Waals surface area contributed by atoms with E-state index in [1.807, 2.05) is 12.1 Å². The van der Waals surface area contributed by atoms with Gasteiger partial charge in [-0.3, -0.25) is 4.90 Å². The van der Waals surface area contributed by atoms with Crippen molar-refractivity contribution in [2.45, 2.75) is 65.1 Å². The molecule has 2 nitrogen and oxygen atoms in total. The van der Waals surface area contributed by atoms with Crippen LogP contribution in [-0.2, 0) is 11.7 Å². The molecule has 1 saturated heterocycles. The third-order valence-corrected chi connectivity index (χ3v) is 7.90. The third kappa shape index (κ3) is 4.92. The van der Waals surface area contributed by atoms with Crippen LogP contribution in [0, 0.1) is 13.8 Å². The second kappa shape index (κ2) is 8.76. The summed E-state index contributed by atoms with van der Waals surface area (Å²) in [6.07, 6.45) is 5.04. The largest absolute Gasteiger partial charge is 0.508 e. The number of piperidine rings is 1. The van der Waals surface area contributed by atoms with Gasteiger partial charge in [0.1, 0.15) is 5.75 Å². The number of benzene rings is 2. The molecule has 1 aliphatic heterocycles. The summed E-state index contributed by atoms with van der Waals surface area (Å²) in [5, 5.41) is 12.0. The van der Waals surface area contributed by atoms with Gasteiger partial charge in [0.15, 0.2) is 0 Å². The van der Waals surface area contributed by atoms with Gasteiger partial charge in [0, 0.05) is 17.3 Å². The number of phenols is 1. The Hall–Kier alpha value is -1.37. The van der Waals surface area contributed by atoms with E-state index in [1.165, 1.54) is 54.3 Å². The number of nitrogens with zero attached hydrogens (tertiary/aromatic N) is 1. The van der Waals surface area contributed by atoms with E-state index in [-0.39, 0.29) is 5.16 Å². The van der Waals surface area contributed by atoms with Gasteiger partial charge < -0.3 is 5.11 Å². The molecule has 0 spiro atoms. The molecule has 0 radical (unpaired) electrons. The van der Waals surface area contributed by atoms with E-state index >= 15 is 0 Å². The van der Waals surface area contributed by atoms with Crippen LogP contribution in [0.15, 0.2) is 36.4 Å². The summed E-state index contributed by atoms with van der Waals surface area (Å²) < 4.78 is 0. The fourth-order valence-electron chi connectivity index (χ4n) is 4.07. The van der Waals surface area contributed by atoms with Crippen LogP contribution in [0.25, 0.3) is 0 Å². The number of likely N-dealkylation sites (tertiary alicyclic amines) is 1. The Morgan fingerprint density at radius 3 is 2.37 bits per heavy atom. The molecule has 0 aromatic heterocycles. The number of aromatic hydroxyl groups is 1. The maximum atomic E-state index is 10.6. The highest BCUT2D eigenvalue weighted by Crippen LogP contribution is 2.47. The topological polar surface area (TPSA) is 23.5 Å². The van der Waals surface area contributed by atoms with Crippen molar-refractivity contribution in [2.24, 2.45) is 0 Å². The molecule has 0 saturated carbocycles. The van der Waals surface area contributed by atoms with E-state index < -0.39 is 0 Å². The van der Waals surface area contributed by atoms with Crippen LogP contribution in [-0.4, -0.2) is 23.1 Å². The second-order valence-corrected chi connectivity index (χ2v) is 10.2. The monoisotopic (exact) mass is 383 g/mol. The van der Waals surface area contributed by atoms with E-state index in [4.69, 9.17) is 0 Å². The molecule has 0 bridgehead atoms. The van der Waals surface area contributed by atoms with Gasteiger partial charge in [-0.1, -0.05) is 70.3 Å². The van der Waals surface area contributed by atoms with Crippen LogP contribution in [0.3, 0.4) is 0 Å². The Kier molecular flexibility index (Phi) is 6.61. The van der Waals surface area contributed by atoms with Crippen molar-refractivity contribution in [3.63, 3.8) is 0 Å². The van der Waals surface area contributed by atoms with E-state index in [2.05, 4.69) is 56.9 Å². The molecule has 1 heterocycles. The first-order valence-corrected chi connectivity index (χ1v) is 11.3. The minimum Gasteiger partial charge on any atom is -0.508 e. The zero-order valence-corrected chi connectivity index (χ0v) is 18.3. The maximum Gasteiger partial charge on any atom is 0.119 e. The standard InChI is InChI=1S/C24H34NOP/c1-5-24(4,21-16-19(3)9-11-22(21)26)27-23-12-10-18(2)15-20(23)17-25-13-7-6-8-14-25/h9-12,15-16,26-27H,5-8,13-14,17H2,1-4H3. The van der Waals surface area contributed by atoms with Crippen LogP contribution in [0.2, 0.25) is 0 Å². The second-order valence-electron chi connectivity index (χ2n) is 8.33. The molecule has 27 heavy (non-hydrogen) atoms. The SMILES string of the molecule is CCC(C)(Pc1ccc(C)cc1CN1CCCCC1)c1cc(C)ccc1O. The average Bonchev–Trinajstić information content (AvgIpc) is 2.66. The molecule has 0 amide bonds. The lowest BCUT2D eigenvalue weighted by molar-refractivity contribution is 0.221. The molecule has 2 aromatic carbocycles. The van der Waals surface area contributed by atoms with Crippen molar-refractivity contribution >= 4 is 13.9 Å². The molecule has 2 atom stereocenters. The molecular formula is C24H34NOP. The van der Waals surface area contributed by atoms with Gasteiger partial charge in [0.25, 0.3) is 0 Å². The predicted octanol–water partition coefficient (Wildman–Crippen LogP) is 5.62. The normalized spacial score (nSPS) is 18.1. The van der Waals surface area contributed by atoms with Crippen molar-refractivity contribution in [2.75, 3.05) is 13.1 Å². The lowest BCUT2D eigenvalue weighted by atomic mass is 9.95. The predicted molar refractivity (Wildman–Crippen MR) is 119 cm³/mol. The number of phenolic OH excluding ortho intramolecular Hbond substituents is 1. The fourth-order valence-corrected chi connectivity index (χ4v) is 5.65. The van der Waals surface area contributed by atoms with E-state index in [0.717, 1.165) is 18.5 Å². The smallest absolute Gasteiger partial charge is 0.119 e. The fraction of sp³-hybridized carbons (Fsp3) is 0.500. The first-order valence-electron chi connectivity index (χ1n) is 10.3. The molecule has 1 aliphatic rings. The molecule has 2 aromatic rings. The molecule has 1 fully saturated rings. The molecule has 3 rings (SSSR count). The summed E-state index contributed by atoms with van der Waals surface area (Å²) >= 11 is 0. The molecule has 2 unspecified atom stereocenters. The summed E-state index contributed by atoms with van der Waals surface area (Å²) in [7, 11) is 0.648. The van der Waals surface area contributed by atoms with Crippen LogP contribution >= 0.6 is 8.58 Å². The van der Waals surface area contributed by atoms with Gasteiger partial charge in [-0.2, -0.15) is 0 Å². The molecule has 146 valence electrons. The highest BCUT2D eigenvalue weighted by molar-refractivity contribution is 7.48. The van der Waals surface area contributed by atoms with Gasteiger partial charge in [0.05, 0.1) is 0 Å². The highest BCUT2D eigenvalue weighted by Gasteiger charge is 2.29. The molecular weight excluding hydrogens is 349 g/mol. The Bertz CT molecular complexity index is 782. The van der Waals surface area contributed by atoms with Crippen molar-refractivity contribution in [1.82, 2.24) is 4.90 Å². The van der Waals surface area contributed by atoms with Crippen LogP contribution in [0.4, 0.5) is 0 Å². The quantitative estimate of drug-likeness (QED) is 0.654. The van der Waals surface area contributed by atoms with Crippen molar-refractivity contribution < 1.29 is 5.11 Å². The maximum absolute atomic E-state index is 10.6. The summed E-state index contributed by atoms with van der Waals surface area (Å²) in [5.41, 5.74) is 5.12. The van der Waals surface area contributed by atoms with E-state index in [0.29, 0.717) is 14.3 Å². The number of hydrogen-bond donors (Lipinski definition) is 1. The first-order chi connectivity index (χ1) is 12.9. The van der Waals surface area contributed by atoms with Crippen LogP contribution in [0.1, 0.15) is 61.8 Å². The number of rotatable bonds is 6. The first kappa shape index (κ1) is 20.4. The van der Waals surface area contributed by atoms with Gasteiger partial charge in [-0.05, 0) is 63.1 Å². The average molecular weight is 384 g/mol. The zero-order chi connectivity index (χ0) is 19.4. The Morgan fingerprint density at radius 2 is 1.67 bits per heavy atom. The highest BCUT2D eigenvalue weighted by atomic mass is 31.1. The van der Waals surface area contributed by atoms with Crippen molar-refractivity contribution in [1.29, 1.82) is 0 Å². The minimum atomic E-state index is -0.0397. The van der Waals surface area contributed by atoms with Crippen LogP contribution in [0.5, 0.6) is 5.75 Å². The summed E-state index contributed by atoms with van der Waals surface area (Å²) in [5.74, 6) is 0.433. The van der Waals surface area contributed by atoms with Crippen molar-refractivity contribution in [3.8, 4) is 5.75 Å². The summed E-state index contributed by atoms with van der Waals surface area (Å²) in [4.78, 5) is 2.61. The summed E-state index contributed by atoms with van der Waals surface area (Å²) in [6, 6.07) is 13.0. The van der Waals surface area contributed by atoms with E-state index in [9.17, 15) is 5.11 Å². The number of aryl methyl sites for hydroxylation is 2. The molecule has 3 heteroatoms. The Labute approximate surface area is 166 Å². The van der Waals surface area contributed by atoms with Gasteiger partial charge in [-0.25, -0.2) is 0 Å². The Balaban J connectivity index is 1.91. The number of hydrogen-bond acceptors (Lipinski definition) is 2. The zero-order valence-electron chi connectivity index (χ0n) is 17.3. The third-order valence-electron chi connectivity index (χ3n) is 5.97. The molecule has 0 aliphatic carbocycles. The van der Waals surface area contributed by atoms with Gasteiger partial charge >= 0.3 is 0 Å². The molecule has 1 N–H and O–H groups in total. The van der Waals surface area contributed by atoms with Gasteiger partial charge in [-0.15, -0.1) is 0 Å². The lowest BCUT2D eigenvalue weighted by Gasteiger charge is -2.32. The van der Waals surface area contributed by atoms with E-state index in [1.54, 1.807) is 0 Å². The Morgan fingerprint density at radius 1 is 1.00 bits per heavy atom. The van der Waals surface area contributed by atoms with Gasteiger partial charge in [0.2, 0.25) is 0 Å².